The minimum atomic E-state index is -3.88. The van der Waals surface area contributed by atoms with Crippen LogP contribution in [0.25, 0.3) is 0 Å². The van der Waals surface area contributed by atoms with Crippen molar-refractivity contribution in [3.63, 3.8) is 0 Å². The lowest BCUT2D eigenvalue weighted by Crippen LogP contribution is -2.49. The zero-order valence-corrected chi connectivity index (χ0v) is 20.3. The summed E-state index contributed by atoms with van der Waals surface area (Å²) in [6.45, 7) is 2.87. The molecule has 0 saturated carbocycles. The molecule has 13 heteroatoms. The van der Waals surface area contributed by atoms with Gasteiger partial charge in [0.15, 0.2) is 5.69 Å². The third-order valence-corrected chi connectivity index (χ3v) is 8.32. The van der Waals surface area contributed by atoms with Crippen LogP contribution in [0.15, 0.2) is 23.0 Å². The molecule has 2 aromatic rings. The molecular weight excluding hydrogens is 481 g/mol. The number of ether oxygens (including phenoxy) is 1. The molecule has 0 aliphatic carbocycles. The van der Waals surface area contributed by atoms with Crippen LogP contribution in [0.4, 0.5) is 4.39 Å². The number of aryl methyl sites for hydroxylation is 1. The van der Waals surface area contributed by atoms with Gasteiger partial charge in [-0.3, -0.25) is 14.2 Å². The molecule has 35 heavy (non-hydrogen) atoms. The van der Waals surface area contributed by atoms with Gasteiger partial charge in [-0.25, -0.2) is 9.37 Å². The summed E-state index contributed by atoms with van der Waals surface area (Å²) < 4.78 is 48.8. The zero-order chi connectivity index (χ0) is 25.3. The first-order chi connectivity index (χ1) is 16.6. The first kappa shape index (κ1) is 25.2. The molecule has 11 nitrogen and oxygen atoms in total. The number of amides is 1. The van der Waals surface area contributed by atoms with Crippen molar-refractivity contribution in [2.24, 2.45) is 0 Å². The second-order valence-corrected chi connectivity index (χ2v) is 10.6. The summed E-state index contributed by atoms with van der Waals surface area (Å²) in [4.78, 5) is 30.0. The fraction of sp³-hybridized carbons (Fsp3) is 0.500. The van der Waals surface area contributed by atoms with E-state index < -0.39 is 39.2 Å². The van der Waals surface area contributed by atoms with Crippen LogP contribution >= 0.6 is 0 Å². The topological polar surface area (TPSA) is 134 Å². The molecule has 1 fully saturated rings. The van der Waals surface area contributed by atoms with Crippen molar-refractivity contribution in [3.8, 4) is 5.75 Å². The Morgan fingerprint density at radius 1 is 1.31 bits per heavy atom. The Morgan fingerprint density at radius 3 is 2.71 bits per heavy atom. The minimum absolute atomic E-state index is 0.0221. The molecule has 0 spiro atoms. The van der Waals surface area contributed by atoms with Crippen LogP contribution in [-0.4, -0.2) is 70.9 Å². The maximum atomic E-state index is 13.5. The smallest absolute Gasteiger partial charge is 0.296 e. The Morgan fingerprint density at radius 2 is 2.03 bits per heavy atom. The highest BCUT2D eigenvalue weighted by Gasteiger charge is 2.38. The molecule has 2 aliphatic rings. The Hall–Kier alpha value is -2.87. The number of aromatic nitrogens is 2. The van der Waals surface area contributed by atoms with Crippen LogP contribution in [0.3, 0.4) is 0 Å². The lowest BCUT2D eigenvalue weighted by atomic mass is 10.1. The molecule has 1 aromatic carbocycles. The molecule has 1 unspecified atom stereocenters. The van der Waals surface area contributed by atoms with E-state index in [1.165, 1.54) is 28.1 Å². The van der Waals surface area contributed by atoms with Gasteiger partial charge in [-0.15, -0.1) is 0 Å². The molecule has 1 amide bonds. The van der Waals surface area contributed by atoms with Crippen molar-refractivity contribution in [2.45, 2.75) is 38.9 Å². The number of hydrogen-bond acceptors (Lipinski definition) is 7. The van der Waals surface area contributed by atoms with Gasteiger partial charge in [0.05, 0.1) is 19.3 Å². The highest BCUT2D eigenvalue weighted by molar-refractivity contribution is 7.86. The summed E-state index contributed by atoms with van der Waals surface area (Å²) in [7, 11) is -2.46. The van der Waals surface area contributed by atoms with Gasteiger partial charge >= 0.3 is 0 Å². The molecule has 1 atom stereocenters. The summed E-state index contributed by atoms with van der Waals surface area (Å²) in [5, 5.41) is 13.0. The summed E-state index contributed by atoms with van der Waals surface area (Å²) in [6.07, 6.45) is 0.893. The van der Waals surface area contributed by atoms with Gasteiger partial charge in [-0.1, -0.05) is 12.1 Å². The van der Waals surface area contributed by atoms with Crippen molar-refractivity contribution in [2.75, 3.05) is 33.4 Å². The van der Waals surface area contributed by atoms with Gasteiger partial charge in [-0.05, 0) is 37.0 Å². The predicted octanol–water partition coefficient (Wildman–Crippen LogP) is 0.670. The number of carbonyl (C=O) groups excluding carboxylic acids is 1. The Labute approximate surface area is 202 Å². The average Bonchev–Trinajstić information content (AvgIpc) is 2.86. The second kappa shape index (κ2) is 10.0. The Balaban J connectivity index is 1.62. The number of morpholine rings is 1. The first-order valence-corrected chi connectivity index (χ1v) is 12.7. The third kappa shape index (κ3) is 4.94. The van der Waals surface area contributed by atoms with Crippen molar-refractivity contribution in [3.05, 3.63) is 57.0 Å². The van der Waals surface area contributed by atoms with Crippen molar-refractivity contribution < 1.29 is 27.4 Å². The van der Waals surface area contributed by atoms with E-state index >= 15 is 0 Å². The largest absolute Gasteiger partial charge is 0.501 e. The molecule has 4 rings (SSSR count). The molecule has 2 N–H and O–H groups in total. The van der Waals surface area contributed by atoms with Gasteiger partial charge in [-0.2, -0.15) is 17.0 Å². The number of aromatic hydroxyl groups is 1. The monoisotopic (exact) mass is 509 g/mol. The minimum Gasteiger partial charge on any atom is -0.501 e. The van der Waals surface area contributed by atoms with Gasteiger partial charge in [0, 0.05) is 33.2 Å². The van der Waals surface area contributed by atoms with Crippen molar-refractivity contribution in [1.82, 2.24) is 23.5 Å². The second-order valence-electron chi connectivity index (χ2n) is 8.58. The quantitative estimate of drug-likeness (QED) is 0.585. The number of fused-ring (bicyclic) bond motifs is 1. The summed E-state index contributed by atoms with van der Waals surface area (Å²) >= 11 is 0. The van der Waals surface area contributed by atoms with E-state index in [9.17, 15) is 27.5 Å². The van der Waals surface area contributed by atoms with E-state index in [1.54, 1.807) is 13.0 Å². The third-order valence-electron chi connectivity index (χ3n) is 6.32. The Bertz CT molecular complexity index is 1290. The van der Waals surface area contributed by atoms with Gasteiger partial charge in [0.25, 0.3) is 21.7 Å². The normalized spacial score (nSPS) is 18.9. The number of hydrogen-bond donors (Lipinski definition) is 2. The van der Waals surface area contributed by atoms with E-state index in [-0.39, 0.29) is 51.0 Å². The van der Waals surface area contributed by atoms with Crippen molar-refractivity contribution in [1.29, 1.82) is 0 Å². The predicted molar refractivity (Wildman–Crippen MR) is 124 cm³/mol. The number of halogens is 1. The van der Waals surface area contributed by atoms with Crippen LogP contribution in [0.2, 0.25) is 0 Å². The lowest BCUT2D eigenvalue weighted by Gasteiger charge is -2.36. The SMILES string of the molecule is Cc1cc(CNC(=O)c2nc3n(c(=O)c2O)CCCC3N(C)S(=O)(=O)N2CCOCC2)ccc1F. The molecule has 0 bridgehead atoms. The van der Waals surface area contributed by atoms with Crippen LogP contribution in [-0.2, 0) is 28.0 Å². The fourth-order valence-electron chi connectivity index (χ4n) is 4.31. The fourth-order valence-corrected chi connectivity index (χ4v) is 5.81. The summed E-state index contributed by atoms with van der Waals surface area (Å²) in [5.41, 5.74) is -0.249. The molecule has 2 aliphatic heterocycles. The Kier molecular flexibility index (Phi) is 7.22. The summed E-state index contributed by atoms with van der Waals surface area (Å²) in [6, 6.07) is 3.58. The molecule has 1 aromatic heterocycles. The van der Waals surface area contributed by atoms with Gasteiger partial charge in [0.1, 0.15) is 11.6 Å². The van der Waals surface area contributed by atoms with Crippen LogP contribution in [0.1, 0.15) is 46.3 Å². The summed E-state index contributed by atoms with van der Waals surface area (Å²) in [5.74, 6) is -1.88. The van der Waals surface area contributed by atoms with E-state index in [2.05, 4.69) is 10.3 Å². The average molecular weight is 510 g/mol. The van der Waals surface area contributed by atoms with Crippen LogP contribution in [0.5, 0.6) is 5.75 Å². The number of nitrogens with one attached hydrogen (secondary N) is 1. The molecule has 1 saturated heterocycles. The van der Waals surface area contributed by atoms with Crippen molar-refractivity contribution >= 4 is 16.1 Å². The molecule has 190 valence electrons. The number of nitrogens with zero attached hydrogens (tertiary/aromatic N) is 4. The maximum Gasteiger partial charge on any atom is 0.296 e. The molecule has 3 heterocycles. The molecular formula is C22H28FN5O6S. The highest BCUT2D eigenvalue weighted by Crippen LogP contribution is 2.31. The number of rotatable bonds is 6. The van der Waals surface area contributed by atoms with E-state index in [0.717, 1.165) is 4.31 Å². The van der Waals surface area contributed by atoms with Gasteiger partial charge in [0.2, 0.25) is 5.75 Å². The highest BCUT2D eigenvalue weighted by atomic mass is 32.2. The maximum absolute atomic E-state index is 13.5. The zero-order valence-electron chi connectivity index (χ0n) is 19.5. The van der Waals surface area contributed by atoms with Gasteiger partial charge < -0.3 is 15.2 Å². The lowest BCUT2D eigenvalue weighted by molar-refractivity contribution is 0.0693. The van der Waals surface area contributed by atoms with E-state index in [1.807, 2.05) is 0 Å². The van der Waals surface area contributed by atoms with E-state index in [0.29, 0.717) is 24.0 Å². The molecule has 0 radical (unpaired) electrons. The first-order valence-electron chi connectivity index (χ1n) is 11.3. The van der Waals surface area contributed by atoms with Crippen LogP contribution in [0, 0.1) is 12.7 Å². The number of carbonyl (C=O) groups is 1. The van der Waals surface area contributed by atoms with E-state index in [4.69, 9.17) is 4.74 Å². The number of benzene rings is 1. The van der Waals surface area contributed by atoms with Crippen LogP contribution < -0.4 is 10.9 Å². The standard InChI is InChI=1S/C22H28FN5O6S/c1-14-12-15(5-6-16(14)23)13-24-21(30)18-19(29)22(31)28-7-3-4-17(20(28)25-18)26(2)35(32,33)27-8-10-34-11-9-27/h5-6,12,17,29H,3-4,7-11,13H2,1-2H3,(H,24,30).